The minimum Gasteiger partial charge on any atom is -0.489 e. The van der Waals surface area contributed by atoms with E-state index in [0.717, 1.165) is 16.3 Å². The molecule has 0 heterocycles. The van der Waals surface area contributed by atoms with Gasteiger partial charge in [0.05, 0.1) is 0 Å². The minimum atomic E-state index is 0.460. The average Bonchev–Trinajstić information content (AvgIpc) is 2.30. The Morgan fingerprint density at radius 3 is 2.25 bits per heavy atom. The van der Waals surface area contributed by atoms with Crippen molar-refractivity contribution in [3.8, 4) is 5.75 Å². The zero-order chi connectivity index (χ0) is 11.4. The number of rotatable bonds is 3. The van der Waals surface area contributed by atoms with Crippen molar-refractivity contribution in [1.29, 1.82) is 0 Å². The van der Waals surface area contributed by atoms with Gasteiger partial charge in [-0.1, -0.05) is 41.4 Å². The van der Waals surface area contributed by atoms with Crippen LogP contribution in [0.2, 0.25) is 10.0 Å². The van der Waals surface area contributed by atoms with Crippen LogP contribution >= 0.6 is 23.2 Å². The second-order valence-corrected chi connectivity index (χ2v) is 4.18. The fourth-order valence-electron chi connectivity index (χ4n) is 1.31. The molecule has 2 rings (SSSR count). The zero-order valence-corrected chi connectivity index (χ0v) is 10.0. The highest BCUT2D eigenvalue weighted by atomic mass is 35.5. The smallest absolute Gasteiger partial charge is 0.119 e. The maximum absolute atomic E-state index is 6.01. The Balaban J connectivity index is 2.02. The molecule has 0 N–H and O–H groups in total. The fraction of sp³-hybridized carbons (Fsp3) is 0.0769. The lowest BCUT2D eigenvalue weighted by Crippen LogP contribution is -1.95. The lowest BCUT2D eigenvalue weighted by Gasteiger charge is -2.07. The van der Waals surface area contributed by atoms with Crippen molar-refractivity contribution in [2.24, 2.45) is 0 Å². The van der Waals surface area contributed by atoms with Gasteiger partial charge in [0.15, 0.2) is 0 Å². The molecule has 0 aliphatic carbocycles. The van der Waals surface area contributed by atoms with Crippen LogP contribution in [0, 0.1) is 0 Å². The van der Waals surface area contributed by atoms with E-state index in [0.29, 0.717) is 11.6 Å². The van der Waals surface area contributed by atoms with Crippen LogP contribution in [0.4, 0.5) is 0 Å². The molecule has 0 unspecified atom stereocenters. The molecule has 0 radical (unpaired) electrons. The Kier molecular flexibility index (Phi) is 3.70. The first-order chi connectivity index (χ1) is 7.75. The summed E-state index contributed by atoms with van der Waals surface area (Å²) in [6.45, 7) is 0.460. The van der Waals surface area contributed by atoms with Gasteiger partial charge in [-0.05, 0) is 30.3 Å². The molecule has 0 bridgehead atoms. The Bertz CT molecular complexity index is 466. The number of hydrogen-bond acceptors (Lipinski definition) is 1. The summed E-state index contributed by atoms with van der Waals surface area (Å²) in [5.41, 5.74) is 0.971. The molecule has 0 saturated heterocycles. The lowest BCUT2D eigenvalue weighted by molar-refractivity contribution is 0.306. The first kappa shape index (κ1) is 11.3. The molecule has 3 heteroatoms. The molecular weight excluding hydrogens is 243 g/mol. The predicted octanol–water partition coefficient (Wildman–Crippen LogP) is 4.57. The molecule has 0 aromatic heterocycles. The van der Waals surface area contributed by atoms with E-state index in [4.69, 9.17) is 27.9 Å². The Labute approximate surface area is 105 Å². The van der Waals surface area contributed by atoms with E-state index in [9.17, 15) is 0 Å². The van der Waals surface area contributed by atoms with Gasteiger partial charge >= 0.3 is 0 Å². The normalized spacial score (nSPS) is 10.1. The molecule has 0 fully saturated rings. The van der Waals surface area contributed by atoms with E-state index < -0.39 is 0 Å². The van der Waals surface area contributed by atoms with Gasteiger partial charge in [-0.25, -0.2) is 0 Å². The average molecular weight is 253 g/mol. The number of ether oxygens (including phenoxy) is 1. The van der Waals surface area contributed by atoms with Gasteiger partial charge in [0.2, 0.25) is 0 Å². The van der Waals surface area contributed by atoms with Crippen LogP contribution in [0.1, 0.15) is 5.56 Å². The third kappa shape index (κ3) is 2.91. The summed E-state index contributed by atoms with van der Waals surface area (Å²) in [6, 6.07) is 14.9. The zero-order valence-electron chi connectivity index (χ0n) is 8.49. The SMILES string of the molecule is Clc1ccc(OCc2ccccc2Cl)cc1. The molecule has 0 atom stereocenters. The highest BCUT2D eigenvalue weighted by molar-refractivity contribution is 6.31. The summed E-state index contributed by atoms with van der Waals surface area (Å²) in [7, 11) is 0. The van der Waals surface area contributed by atoms with Crippen LogP contribution in [-0.2, 0) is 6.61 Å². The number of halogens is 2. The van der Waals surface area contributed by atoms with Crippen molar-refractivity contribution in [2.75, 3.05) is 0 Å². The van der Waals surface area contributed by atoms with Crippen LogP contribution in [0.5, 0.6) is 5.75 Å². The molecule has 2 aromatic carbocycles. The van der Waals surface area contributed by atoms with E-state index in [2.05, 4.69) is 0 Å². The monoisotopic (exact) mass is 252 g/mol. The van der Waals surface area contributed by atoms with Gasteiger partial charge in [-0.3, -0.25) is 0 Å². The molecule has 0 saturated carbocycles. The Morgan fingerprint density at radius 2 is 1.56 bits per heavy atom. The highest BCUT2D eigenvalue weighted by Gasteiger charge is 2.00. The van der Waals surface area contributed by atoms with E-state index >= 15 is 0 Å². The fourth-order valence-corrected chi connectivity index (χ4v) is 1.62. The topological polar surface area (TPSA) is 9.23 Å². The summed E-state index contributed by atoms with van der Waals surface area (Å²) in [5.74, 6) is 0.782. The Morgan fingerprint density at radius 1 is 0.875 bits per heavy atom. The van der Waals surface area contributed by atoms with E-state index in [-0.39, 0.29) is 0 Å². The summed E-state index contributed by atoms with van der Waals surface area (Å²) in [6.07, 6.45) is 0. The van der Waals surface area contributed by atoms with Crippen molar-refractivity contribution in [2.45, 2.75) is 6.61 Å². The largest absolute Gasteiger partial charge is 0.489 e. The van der Waals surface area contributed by atoms with Crippen LogP contribution in [0.15, 0.2) is 48.5 Å². The van der Waals surface area contributed by atoms with Crippen molar-refractivity contribution in [3.05, 3.63) is 64.1 Å². The van der Waals surface area contributed by atoms with E-state index in [1.165, 1.54) is 0 Å². The molecule has 0 aliphatic rings. The molecule has 16 heavy (non-hydrogen) atoms. The van der Waals surface area contributed by atoms with Gasteiger partial charge in [-0.2, -0.15) is 0 Å². The van der Waals surface area contributed by atoms with Gasteiger partial charge in [0.1, 0.15) is 12.4 Å². The standard InChI is InChI=1S/C13H10Cl2O/c14-11-5-7-12(8-6-11)16-9-10-3-1-2-4-13(10)15/h1-8H,9H2. The molecule has 82 valence electrons. The molecule has 0 spiro atoms. The van der Waals surface area contributed by atoms with Crippen LogP contribution < -0.4 is 4.74 Å². The van der Waals surface area contributed by atoms with Gasteiger partial charge in [-0.15, -0.1) is 0 Å². The molecule has 1 nitrogen and oxygen atoms in total. The maximum Gasteiger partial charge on any atom is 0.119 e. The summed E-state index contributed by atoms with van der Waals surface area (Å²) >= 11 is 11.8. The molecule has 2 aromatic rings. The van der Waals surface area contributed by atoms with Crippen molar-refractivity contribution in [1.82, 2.24) is 0 Å². The Hall–Kier alpha value is -1.18. The van der Waals surface area contributed by atoms with E-state index in [1.54, 1.807) is 12.1 Å². The van der Waals surface area contributed by atoms with Crippen molar-refractivity contribution in [3.63, 3.8) is 0 Å². The summed E-state index contributed by atoms with van der Waals surface area (Å²) in [5, 5.41) is 1.42. The lowest BCUT2D eigenvalue weighted by atomic mass is 10.2. The van der Waals surface area contributed by atoms with Crippen LogP contribution in [-0.4, -0.2) is 0 Å². The molecular formula is C13H10Cl2O. The van der Waals surface area contributed by atoms with E-state index in [1.807, 2.05) is 36.4 Å². The van der Waals surface area contributed by atoms with Gasteiger partial charge < -0.3 is 4.74 Å². The first-order valence-corrected chi connectivity index (χ1v) is 5.63. The van der Waals surface area contributed by atoms with Crippen LogP contribution in [0.25, 0.3) is 0 Å². The second-order valence-electron chi connectivity index (χ2n) is 3.33. The highest BCUT2D eigenvalue weighted by Crippen LogP contribution is 2.19. The predicted molar refractivity (Wildman–Crippen MR) is 67.2 cm³/mol. The third-order valence-corrected chi connectivity index (χ3v) is 2.79. The van der Waals surface area contributed by atoms with Crippen molar-refractivity contribution >= 4 is 23.2 Å². The van der Waals surface area contributed by atoms with Gasteiger partial charge in [0, 0.05) is 15.6 Å². The first-order valence-electron chi connectivity index (χ1n) is 4.87. The summed E-state index contributed by atoms with van der Waals surface area (Å²) < 4.78 is 5.58. The number of hydrogen-bond donors (Lipinski definition) is 0. The van der Waals surface area contributed by atoms with Crippen LogP contribution in [0.3, 0.4) is 0 Å². The molecule has 0 amide bonds. The van der Waals surface area contributed by atoms with Gasteiger partial charge in [0.25, 0.3) is 0 Å². The van der Waals surface area contributed by atoms with Crippen molar-refractivity contribution < 1.29 is 4.74 Å². The minimum absolute atomic E-state index is 0.460. The molecule has 0 aliphatic heterocycles. The maximum atomic E-state index is 6.01. The second kappa shape index (κ2) is 5.24. The third-order valence-electron chi connectivity index (χ3n) is 2.17. The summed E-state index contributed by atoms with van der Waals surface area (Å²) in [4.78, 5) is 0. The quantitative estimate of drug-likeness (QED) is 0.778. The number of benzene rings is 2.